The summed E-state index contributed by atoms with van der Waals surface area (Å²) in [5.41, 5.74) is 2.96. The average molecular weight is 521 g/mol. The highest BCUT2D eigenvalue weighted by atomic mass is 19.4. The SMILES string of the molecule is Cc1cc(C)c(CNC(=O)c2cc(C3CCN(CCC(F)(F)F)CC3)nc(NC(C)C)c2C=N)c(=O)[nH]1. The van der Waals surface area contributed by atoms with Crippen LogP contribution in [0.4, 0.5) is 19.0 Å². The molecule has 1 fully saturated rings. The molecule has 0 bridgehead atoms. The van der Waals surface area contributed by atoms with Crippen molar-refractivity contribution in [1.29, 1.82) is 5.41 Å². The molecule has 0 saturated carbocycles. The minimum atomic E-state index is -4.18. The summed E-state index contributed by atoms with van der Waals surface area (Å²) in [5.74, 6) is -0.0455. The van der Waals surface area contributed by atoms with Crippen molar-refractivity contribution in [1.82, 2.24) is 20.2 Å². The number of hydrogen-bond donors (Lipinski definition) is 4. The Balaban J connectivity index is 1.84. The van der Waals surface area contributed by atoms with Crippen molar-refractivity contribution in [2.24, 2.45) is 0 Å². The second-order valence-electron chi connectivity index (χ2n) is 9.91. The summed E-state index contributed by atoms with van der Waals surface area (Å²) in [6.45, 7) is 8.47. The maximum Gasteiger partial charge on any atom is 0.390 e. The second-order valence-corrected chi connectivity index (χ2v) is 9.91. The highest BCUT2D eigenvalue weighted by Crippen LogP contribution is 2.31. The standard InChI is InChI=1S/C26H35F3N6O2/c1-15(2)32-23-20(13-30)19(24(36)31-14-21-16(3)11-17(4)33-25(21)37)12-22(34-23)18-5-8-35(9-6-18)10-7-26(27,28)29/h11-13,15,18,30H,5-10,14H2,1-4H3,(H,31,36)(H,32,34)(H,33,37). The van der Waals surface area contributed by atoms with Gasteiger partial charge < -0.3 is 25.9 Å². The molecule has 0 spiro atoms. The number of nitrogens with one attached hydrogen (secondary N) is 4. The van der Waals surface area contributed by atoms with E-state index in [1.165, 1.54) is 0 Å². The molecule has 0 aliphatic carbocycles. The molecule has 3 rings (SSSR count). The van der Waals surface area contributed by atoms with Crippen LogP contribution in [-0.4, -0.2) is 58.8 Å². The molecule has 3 heterocycles. The van der Waals surface area contributed by atoms with Gasteiger partial charge in [-0.15, -0.1) is 0 Å². The number of alkyl halides is 3. The third-order valence-electron chi connectivity index (χ3n) is 6.53. The van der Waals surface area contributed by atoms with Crippen molar-refractivity contribution >= 4 is 17.9 Å². The van der Waals surface area contributed by atoms with E-state index in [0.717, 1.165) is 17.5 Å². The van der Waals surface area contributed by atoms with Crippen LogP contribution in [0.25, 0.3) is 0 Å². The molecular weight excluding hydrogens is 485 g/mol. The number of aromatic amines is 1. The van der Waals surface area contributed by atoms with Gasteiger partial charge >= 0.3 is 6.18 Å². The number of aromatic nitrogens is 2. The van der Waals surface area contributed by atoms with E-state index in [4.69, 9.17) is 10.4 Å². The number of H-pyrrole nitrogens is 1. The Labute approximate surface area is 214 Å². The molecular formula is C26H35F3N6O2. The first-order chi connectivity index (χ1) is 17.4. The zero-order valence-electron chi connectivity index (χ0n) is 21.7. The summed E-state index contributed by atoms with van der Waals surface area (Å²) in [7, 11) is 0. The number of rotatable bonds is 9. The summed E-state index contributed by atoms with van der Waals surface area (Å²) in [6.07, 6.45) is -2.69. The number of halogens is 3. The van der Waals surface area contributed by atoms with E-state index in [1.807, 2.05) is 26.8 Å². The van der Waals surface area contributed by atoms with E-state index in [9.17, 15) is 22.8 Å². The normalized spacial score (nSPS) is 15.1. The van der Waals surface area contributed by atoms with Gasteiger partial charge in [-0.3, -0.25) is 9.59 Å². The van der Waals surface area contributed by atoms with Gasteiger partial charge in [0.1, 0.15) is 5.82 Å². The van der Waals surface area contributed by atoms with E-state index in [2.05, 4.69) is 15.6 Å². The zero-order chi connectivity index (χ0) is 27.3. The van der Waals surface area contributed by atoms with Crippen molar-refractivity contribution in [3.05, 3.63) is 56.1 Å². The van der Waals surface area contributed by atoms with Gasteiger partial charge in [-0.25, -0.2) is 4.98 Å². The number of piperidine rings is 1. The predicted molar refractivity (Wildman–Crippen MR) is 138 cm³/mol. The maximum atomic E-state index is 13.3. The topological polar surface area (TPSA) is 114 Å². The predicted octanol–water partition coefficient (Wildman–Crippen LogP) is 4.27. The molecule has 0 radical (unpaired) electrons. The molecule has 2 aromatic rings. The van der Waals surface area contributed by atoms with Crippen molar-refractivity contribution in [2.45, 2.75) is 71.6 Å². The van der Waals surface area contributed by atoms with Gasteiger partial charge in [0.05, 0.1) is 12.0 Å². The Hall–Kier alpha value is -3.21. The van der Waals surface area contributed by atoms with E-state index in [-0.39, 0.29) is 36.2 Å². The fourth-order valence-corrected chi connectivity index (χ4v) is 4.60. The lowest BCUT2D eigenvalue weighted by atomic mass is 9.91. The van der Waals surface area contributed by atoms with Crippen LogP contribution in [0.15, 0.2) is 16.9 Å². The number of aryl methyl sites for hydroxylation is 2. The summed E-state index contributed by atoms with van der Waals surface area (Å²) in [6, 6.07) is 3.50. The van der Waals surface area contributed by atoms with Gasteiger partial charge in [0.25, 0.3) is 11.5 Å². The van der Waals surface area contributed by atoms with Gasteiger partial charge in [-0.05, 0) is 71.3 Å². The zero-order valence-corrected chi connectivity index (χ0v) is 21.7. The van der Waals surface area contributed by atoms with Crippen molar-refractivity contribution in [3.8, 4) is 0 Å². The largest absolute Gasteiger partial charge is 0.390 e. The number of amides is 1. The molecule has 37 heavy (non-hydrogen) atoms. The molecule has 11 heteroatoms. The Morgan fingerprint density at radius 1 is 1.27 bits per heavy atom. The lowest BCUT2D eigenvalue weighted by molar-refractivity contribution is -0.138. The molecule has 2 aromatic heterocycles. The molecule has 4 N–H and O–H groups in total. The number of likely N-dealkylation sites (tertiary alicyclic amines) is 1. The number of carbonyl (C=O) groups is 1. The first-order valence-corrected chi connectivity index (χ1v) is 12.5. The molecule has 8 nitrogen and oxygen atoms in total. The number of anilines is 1. The minimum absolute atomic E-state index is 0.00431. The Morgan fingerprint density at radius 2 is 1.95 bits per heavy atom. The highest BCUT2D eigenvalue weighted by molar-refractivity contribution is 6.04. The summed E-state index contributed by atoms with van der Waals surface area (Å²) >= 11 is 0. The van der Waals surface area contributed by atoms with E-state index in [1.54, 1.807) is 17.9 Å². The van der Waals surface area contributed by atoms with Crippen LogP contribution in [0, 0.1) is 19.3 Å². The van der Waals surface area contributed by atoms with Crippen LogP contribution in [0.5, 0.6) is 0 Å². The number of carbonyl (C=O) groups excluding carboxylic acids is 1. The van der Waals surface area contributed by atoms with Gasteiger partial charge in [-0.1, -0.05) is 0 Å². The molecule has 0 aromatic carbocycles. The van der Waals surface area contributed by atoms with Crippen molar-refractivity contribution in [2.75, 3.05) is 25.0 Å². The van der Waals surface area contributed by atoms with Crippen molar-refractivity contribution in [3.63, 3.8) is 0 Å². The lowest BCUT2D eigenvalue weighted by Crippen LogP contribution is -2.36. The summed E-state index contributed by atoms with van der Waals surface area (Å²) < 4.78 is 37.8. The van der Waals surface area contributed by atoms with E-state index >= 15 is 0 Å². The number of nitrogens with zero attached hydrogens (tertiary/aromatic N) is 2. The molecule has 1 aliphatic rings. The first kappa shape index (κ1) is 28.4. The smallest absolute Gasteiger partial charge is 0.367 e. The van der Waals surface area contributed by atoms with Crippen LogP contribution < -0.4 is 16.2 Å². The quantitative estimate of drug-likeness (QED) is 0.369. The van der Waals surface area contributed by atoms with Gasteiger partial charge in [-0.2, -0.15) is 13.2 Å². The van der Waals surface area contributed by atoms with Crippen LogP contribution in [0.2, 0.25) is 0 Å². The van der Waals surface area contributed by atoms with E-state index in [0.29, 0.717) is 48.6 Å². The van der Waals surface area contributed by atoms with Gasteiger partial charge in [0.15, 0.2) is 0 Å². The molecule has 1 aliphatic heterocycles. The minimum Gasteiger partial charge on any atom is -0.367 e. The molecule has 1 saturated heterocycles. The van der Waals surface area contributed by atoms with Crippen LogP contribution >= 0.6 is 0 Å². The number of pyridine rings is 2. The fourth-order valence-electron chi connectivity index (χ4n) is 4.60. The first-order valence-electron chi connectivity index (χ1n) is 12.5. The average Bonchev–Trinajstić information content (AvgIpc) is 2.81. The lowest BCUT2D eigenvalue weighted by Gasteiger charge is -2.32. The Bertz CT molecular complexity index is 1180. The molecule has 0 atom stereocenters. The van der Waals surface area contributed by atoms with Crippen LogP contribution in [-0.2, 0) is 6.54 Å². The molecule has 1 amide bonds. The van der Waals surface area contributed by atoms with Crippen LogP contribution in [0.1, 0.15) is 77.5 Å². The third-order valence-corrected chi connectivity index (χ3v) is 6.53. The van der Waals surface area contributed by atoms with Crippen LogP contribution in [0.3, 0.4) is 0 Å². The monoisotopic (exact) mass is 520 g/mol. The summed E-state index contributed by atoms with van der Waals surface area (Å²) in [4.78, 5) is 34.9. The summed E-state index contributed by atoms with van der Waals surface area (Å²) in [5, 5.41) is 14.0. The van der Waals surface area contributed by atoms with Gasteiger partial charge in [0, 0.05) is 53.8 Å². The van der Waals surface area contributed by atoms with Gasteiger partial charge in [0.2, 0.25) is 0 Å². The third kappa shape index (κ3) is 7.64. The maximum absolute atomic E-state index is 13.3. The highest BCUT2D eigenvalue weighted by Gasteiger charge is 2.30. The number of hydrogen-bond acceptors (Lipinski definition) is 6. The fraction of sp³-hybridized carbons (Fsp3) is 0.538. The Morgan fingerprint density at radius 3 is 2.51 bits per heavy atom. The molecule has 0 unspecified atom stereocenters. The molecule has 202 valence electrons. The van der Waals surface area contributed by atoms with E-state index < -0.39 is 18.5 Å². The Kier molecular flexibility index (Phi) is 9.12. The second kappa shape index (κ2) is 11.9. The van der Waals surface area contributed by atoms with Crippen molar-refractivity contribution < 1.29 is 18.0 Å².